The minimum Gasteiger partial charge on any atom is -0.273 e. The Bertz CT molecular complexity index is 791. The Morgan fingerprint density at radius 2 is 1.39 bits per heavy atom. The summed E-state index contributed by atoms with van der Waals surface area (Å²) in [5.74, 6) is 0. The molecule has 0 aliphatic heterocycles. The number of benzene rings is 2. The monoisotopic (exact) mass is 376 g/mol. The average molecular weight is 378 g/mol. The second kappa shape index (κ2) is 7.49. The van der Waals surface area contributed by atoms with Crippen LogP contribution in [0.25, 0.3) is 21.5 Å². The molecule has 0 saturated carbocycles. The summed E-state index contributed by atoms with van der Waals surface area (Å²) < 4.78 is 0. The molecule has 114 valence electrons. The molecule has 0 radical (unpaired) electrons. The van der Waals surface area contributed by atoms with Crippen LogP contribution in [0.5, 0.6) is 0 Å². The predicted molar refractivity (Wildman–Crippen MR) is 97.0 cm³/mol. The SMILES string of the molecule is CC(C)(C)C1=CC[C-]=C1.[Zr+2].c1ccc2c(c1)[cH-]c1ccccc12. The van der Waals surface area contributed by atoms with Crippen molar-refractivity contribution in [3.8, 4) is 0 Å². The third-order valence-corrected chi connectivity index (χ3v) is 4.09. The van der Waals surface area contributed by atoms with E-state index in [1.807, 2.05) is 0 Å². The molecule has 0 fully saturated rings. The van der Waals surface area contributed by atoms with Gasteiger partial charge in [-0.05, 0) is 0 Å². The van der Waals surface area contributed by atoms with Gasteiger partial charge in [0.05, 0.1) is 0 Å². The van der Waals surface area contributed by atoms with E-state index in [-0.39, 0.29) is 26.2 Å². The van der Waals surface area contributed by atoms with E-state index in [1.54, 1.807) is 0 Å². The summed E-state index contributed by atoms with van der Waals surface area (Å²) >= 11 is 0. The van der Waals surface area contributed by atoms with Crippen molar-refractivity contribution in [3.63, 3.8) is 0 Å². The van der Waals surface area contributed by atoms with Crippen molar-refractivity contribution in [1.82, 2.24) is 0 Å². The van der Waals surface area contributed by atoms with Gasteiger partial charge >= 0.3 is 26.2 Å². The van der Waals surface area contributed by atoms with E-state index in [2.05, 4.69) is 93.6 Å². The molecule has 0 N–H and O–H groups in total. The predicted octanol–water partition coefficient (Wildman–Crippen LogP) is 6.43. The van der Waals surface area contributed by atoms with Crippen LogP contribution >= 0.6 is 0 Å². The van der Waals surface area contributed by atoms with Crippen LogP contribution in [0.4, 0.5) is 0 Å². The third-order valence-electron chi connectivity index (χ3n) is 4.09. The van der Waals surface area contributed by atoms with Crippen molar-refractivity contribution in [3.05, 3.63) is 78.4 Å². The van der Waals surface area contributed by atoms with E-state index in [9.17, 15) is 0 Å². The fourth-order valence-corrected chi connectivity index (χ4v) is 2.82. The average Bonchev–Trinajstić information content (AvgIpc) is 3.15. The Morgan fingerprint density at radius 1 is 0.870 bits per heavy atom. The van der Waals surface area contributed by atoms with Gasteiger partial charge in [0, 0.05) is 0 Å². The smallest absolute Gasteiger partial charge is 0.273 e. The van der Waals surface area contributed by atoms with E-state index in [1.165, 1.54) is 27.1 Å². The Morgan fingerprint density at radius 3 is 1.78 bits per heavy atom. The zero-order chi connectivity index (χ0) is 15.6. The largest absolute Gasteiger partial charge is 2.00 e. The van der Waals surface area contributed by atoms with Gasteiger partial charge in [0.1, 0.15) is 0 Å². The number of allylic oxidation sites excluding steroid dienone is 4. The van der Waals surface area contributed by atoms with E-state index < -0.39 is 0 Å². The maximum absolute atomic E-state index is 3.16. The van der Waals surface area contributed by atoms with Crippen LogP contribution in [0.1, 0.15) is 27.2 Å². The van der Waals surface area contributed by atoms with Crippen LogP contribution < -0.4 is 0 Å². The maximum atomic E-state index is 3.16. The normalized spacial score (nSPS) is 13.4. The van der Waals surface area contributed by atoms with Gasteiger partial charge in [-0.25, -0.2) is 6.08 Å². The number of fused-ring (bicyclic) bond motifs is 3. The first-order chi connectivity index (χ1) is 10.6. The molecule has 4 rings (SSSR count). The van der Waals surface area contributed by atoms with Crippen molar-refractivity contribution in [1.29, 1.82) is 0 Å². The molecular formula is C22H22Zr. The van der Waals surface area contributed by atoms with E-state index in [0.717, 1.165) is 6.42 Å². The van der Waals surface area contributed by atoms with Crippen molar-refractivity contribution in [2.24, 2.45) is 5.41 Å². The Labute approximate surface area is 158 Å². The van der Waals surface area contributed by atoms with Crippen molar-refractivity contribution < 1.29 is 26.2 Å². The maximum Gasteiger partial charge on any atom is 2.00 e. The summed E-state index contributed by atoms with van der Waals surface area (Å²) in [6.07, 6.45) is 8.50. The topological polar surface area (TPSA) is 0 Å². The van der Waals surface area contributed by atoms with Gasteiger partial charge in [-0.3, -0.25) is 6.08 Å². The number of rotatable bonds is 0. The standard InChI is InChI=1S/C13H9.C9H13.Zr/c1-3-7-12-10(5-1)9-11-6-2-4-8-13(11)12;1-9(2,3)8-6-4-5-7-8;/h1-9H;6-7H,4H2,1-3H3;/q2*-1;+2. The molecule has 1 aliphatic carbocycles. The minimum absolute atomic E-state index is 0. The first-order valence-electron chi connectivity index (χ1n) is 7.86. The van der Waals surface area contributed by atoms with Crippen LogP contribution in [0.15, 0.2) is 72.3 Å². The molecule has 0 amide bonds. The molecule has 0 nitrogen and oxygen atoms in total. The van der Waals surface area contributed by atoms with Gasteiger partial charge in [0.15, 0.2) is 0 Å². The summed E-state index contributed by atoms with van der Waals surface area (Å²) in [7, 11) is 0. The molecule has 0 spiro atoms. The molecule has 0 bridgehead atoms. The molecular weight excluding hydrogens is 355 g/mol. The third kappa shape index (κ3) is 4.15. The van der Waals surface area contributed by atoms with Crippen LogP contribution in [-0.4, -0.2) is 0 Å². The zero-order valence-electron chi connectivity index (χ0n) is 14.1. The summed E-state index contributed by atoms with van der Waals surface area (Å²) in [4.78, 5) is 0. The fraction of sp³-hybridized carbons (Fsp3) is 0.227. The summed E-state index contributed by atoms with van der Waals surface area (Å²) in [5.41, 5.74) is 1.74. The minimum atomic E-state index is 0. The molecule has 0 aromatic heterocycles. The van der Waals surface area contributed by atoms with Gasteiger partial charge in [-0.1, -0.05) is 62.6 Å². The molecule has 3 aromatic rings. The van der Waals surface area contributed by atoms with E-state index in [0.29, 0.717) is 5.41 Å². The van der Waals surface area contributed by atoms with Crippen LogP contribution in [0.2, 0.25) is 0 Å². The van der Waals surface area contributed by atoms with Gasteiger partial charge in [0.25, 0.3) is 0 Å². The van der Waals surface area contributed by atoms with Crippen LogP contribution in [0, 0.1) is 11.5 Å². The van der Waals surface area contributed by atoms with Crippen LogP contribution in [0.3, 0.4) is 0 Å². The second-order valence-corrected chi connectivity index (χ2v) is 6.78. The molecule has 0 saturated heterocycles. The Hall–Kier alpha value is -1.33. The first kappa shape index (κ1) is 18.0. The zero-order valence-corrected chi connectivity index (χ0v) is 16.5. The molecule has 23 heavy (non-hydrogen) atoms. The van der Waals surface area contributed by atoms with E-state index >= 15 is 0 Å². The fourth-order valence-electron chi connectivity index (χ4n) is 2.82. The van der Waals surface area contributed by atoms with Crippen molar-refractivity contribution in [2.75, 3.05) is 0 Å². The van der Waals surface area contributed by atoms with Gasteiger partial charge in [-0.2, -0.15) is 11.6 Å². The summed E-state index contributed by atoms with van der Waals surface area (Å²) in [5, 5.41) is 5.39. The van der Waals surface area contributed by atoms with Crippen molar-refractivity contribution >= 4 is 21.5 Å². The van der Waals surface area contributed by atoms with Gasteiger partial charge < -0.3 is 0 Å². The van der Waals surface area contributed by atoms with Gasteiger partial charge in [-0.15, -0.1) is 46.2 Å². The molecule has 0 heterocycles. The Kier molecular flexibility index (Phi) is 5.87. The summed E-state index contributed by atoms with van der Waals surface area (Å²) in [6.45, 7) is 6.67. The number of hydrogen-bond donors (Lipinski definition) is 0. The van der Waals surface area contributed by atoms with Crippen LogP contribution in [-0.2, 0) is 26.2 Å². The second-order valence-electron chi connectivity index (χ2n) is 6.78. The molecule has 1 aliphatic rings. The number of hydrogen-bond acceptors (Lipinski definition) is 0. The molecule has 1 heteroatoms. The molecule has 3 aromatic carbocycles. The Balaban J connectivity index is 0.000000171. The van der Waals surface area contributed by atoms with Gasteiger partial charge in [0.2, 0.25) is 0 Å². The quantitative estimate of drug-likeness (QED) is 0.396. The molecule has 0 unspecified atom stereocenters. The first-order valence-corrected chi connectivity index (χ1v) is 7.86. The molecule has 0 atom stereocenters. The van der Waals surface area contributed by atoms with Crippen molar-refractivity contribution in [2.45, 2.75) is 27.2 Å². The summed E-state index contributed by atoms with van der Waals surface area (Å²) in [6, 6.07) is 19.3. The van der Waals surface area contributed by atoms with E-state index in [4.69, 9.17) is 0 Å².